The number of pyridine rings is 1. The summed E-state index contributed by atoms with van der Waals surface area (Å²) in [5.41, 5.74) is -0.755. The number of methoxy groups -OCH3 is 1. The monoisotopic (exact) mass is 347 g/mol. The Labute approximate surface area is 139 Å². The Balaban J connectivity index is 2.26. The van der Waals surface area contributed by atoms with E-state index in [2.05, 4.69) is 25.9 Å². The first-order valence-electron chi connectivity index (χ1n) is 7.60. The molecule has 0 aromatic carbocycles. The predicted molar refractivity (Wildman–Crippen MR) is 88.2 cm³/mol. The van der Waals surface area contributed by atoms with Gasteiger partial charge in [-0.05, 0) is 25.5 Å². The van der Waals surface area contributed by atoms with Crippen LogP contribution in [0, 0.1) is 0 Å². The van der Waals surface area contributed by atoms with E-state index in [1.165, 1.54) is 6.07 Å². The van der Waals surface area contributed by atoms with Gasteiger partial charge in [0.25, 0.3) is 0 Å². The van der Waals surface area contributed by atoms with Gasteiger partial charge in [0.05, 0.1) is 12.2 Å². The quantitative estimate of drug-likeness (QED) is 0.382. The minimum Gasteiger partial charge on any atom is -0.383 e. The average Bonchev–Trinajstić information content (AvgIpc) is 2.53. The van der Waals surface area contributed by atoms with Crippen LogP contribution in [0.15, 0.2) is 23.3 Å². The lowest BCUT2D eigenvalue weighted by Gasteiger charge is -2.17. The molecule has 3 N–H and O–H groups in total. The van der Waals surface area contributed by atoms with Gasteiger partial charge in [-0.3, -0.25) is 4.99 Å². The Hall–Kier alpha value is -2.03. The van der Waals surface area contributed by atoms with Crippen molar-refractivity contribution < 1.29 is 17.9 Å². The Kier molecular flexibility index (Phi) is 8.31. The smallest absolute Gasteiger partial charge is 0.383 e. The zero-order valence-corrected chi connectivity index (χ0v) is 14.1. The maximum atomic E-state index is 12.4. The second-order valence-electron chi connectivity index (χ2n) is 5.21. The van der Waals surface area contributed by atoms with Gasteiger partial charge in [0.1, 0.15) is 5.82 Å². The average molecular weight is 347 g/mol. The van der Waals surface area contributed by atoms with Crippen LogP contribution in [0.1, 0.15) is 18.9 Å². The molecule has 0 aliphatic rings. The summed E-state index contributed by atoms with van der Waals surface area (Å²) in [5, 5.41) is 9.30. The van der Waals surface area contributed by atoms with Gasteiger partial charge < -0.3 is 20.7 Å². The molecule has 0 fully saturated rings. The number of nitrogens with one attached hydrogen (secondary N) is 3. The zero-order valence-electron chi connectivity index (χ0n) is 14.1. The number of anilines is 1. The molecule has 1 aromatic rings. The van der Waals surface area contributed by atoms with Crippen LogP contribution in [0.25, 0.3) is 0 Å². The van der Waals surface area contributed by atoms with Crippen LogP contribution in [-0.4, -0.2) is 50.8 Å². The number of ether oxygens (including phenoxy) is 1. The number of hydrogen-bond acceptors (Lipinski definition) is 4. The van der Waals surface area contributed by atoms with Crippen molar-refractivity contribution in [2.45, 2.75) is 25.6 Å². The lowest BCUT2D eigenvalue weighted by Crippen LogP contribution is -2.44. The topological polar surface area (TPSA) is 70.6 Å². The molecule has 0 bridgehead atoms. The van der Waals surface area contributed by atoms with Gasteiger partial charge in [-0.1, -0.05) is 0 Å². The highest BCUT2D eigenvalue weighted by Gasteiger charge is 2.30. The van der Waals surface area contributed by atoms with E-state index in [4.69, 9.17) is 4.74 Å². The second kappa shape index (κ2) is 9.96. The standard InChI is InChI=1S/C15H24F3N5O/c1-11(10-24-3)23-14(19-2)21-8-4-7-20-13-6-5-12(9-22-13)15(16,17)18/h5-6,9,11H,4,7-8,10H2,1-3H3,(H,20,22)(H2,19,21,23). The summed E-state index contributed by atoms with van der Waals surface area (Å²) in [7, 11) is 3.31. The molecular weight excluding hydrogens is 323 g/mol. The first-order valence-corrected chi connectivity index (χ1v) is 7.60. The molecule has 0 amide bonds. The summed E-state index contributed by atoms with van der Waals surface area (Å²) >= 11 is 0. The van der Waals surface area contributed by atoms with Crippen LogP contribution in [0.5, 0.6) is 0 Å². The maximum Gasteiger partial charge on any atom is 0.417 e. The van der Waals surface area contributed by atoms with Crippen molar-refractivity contribution in [3.63, 3.8) is 0 Å². The number of guanidine groups is 1. The molecule has 9 heteroatoms. The summed E-state index contributed by atoms with van der Waals surface area (Å²) < 4.78 is 42.3. The summed E-state index contributed by atoms with van der Waals surface area (Å²) in [6, 6.07) is 2.47. The molecule has 1 heterocycles. The van der Waals surface area contributed by atoms with Gasteiger partial charge >= 0.3 is 6.18 Å². The third-order valence-electron chi connectivity index (χ3n) is 3.07. The fourth-order valence-corrected chi connectivity index (χ4v) is 1.90. The Bertz CT molecular complexity index is 505. The molecule has 1 unspecified atom stereocenters. The van der Waals surface area contributed by atoms with Crippen molar-refractivity contribution in [3.8, 4) is 0 Å². The Morgan fingerprint density at radius 2 is 2.08 bits per heavy atom. The lowest BCUT2D eigenvalue weighted by molar-refractivity contribution is -0.137. The molecule has 6 nitrogen and oxygen atoms in total. The van der Waals surface area contributed by atoms with Crippen molar-refractivity contribution in [2.24, 2.45) is 4.99 Å². The number of alkyl halides is 3. The first kappa shape index (κ1) is 20.0. The van der Waals surface area contributed by atoms with E-state index < -0.39 is 11.7 Å². The van der Waals surface area contributed by atoms with Crippen molar-refractivity contribution in [1.82, 2.24) is 15.6 Å². The fourth-order valence-electron chi connectivity index (χ4n) is 1.90. The largest absolute Gasteiger partial charge is 0.417 e. The molecule has 0 aliphatic heterocycles. The molecule has 0 radical (unpaired) electrons. The molecular formula is C15H24F3N5O. The summed E-state index contributed by atoms with van der Waals surface area (Å²) in [4.78, 5) is 7.85. The second-order valence-corrected chi connectivity index (χ2v) is 5.21. The SMILES string of the molecule is CN=C(NCCCNc1ccc(C(F)(F)F)cn1)NC(C)COC. The van der Waals surface area contributed by atoms with Gasteiger partial charge in [-0.2, -0.15) is 13.2 Å². The number of rotatable bonds is 8. The number of aliphatic imine (C=N–C) groups is 1. The van der Waals surface area contributed by atoms with Gasteiger partial charge in [0, 0.05) is 39.5 Å². The number of aromatic nitrogens is 1. The predicted octanol–water partition coefficient (Wildman–Crippen LogP) is 2.10. The summed E-state index contributed by atoms with van der Waals surface area (Å²) in [6.07, 6.45) is -2.79. The van der Waals surface area contributed by atoms with E-state index in [0.29, 0.717) is 31.5 Å². The molecule has 0 aliphatic carbocycles. The first-order chi connectivity index (χ1) is 11.4. The highest BCUT2D eigenvalue weighted by molar-refractivity contribution is 5.79. The summed E-state index contributed by atoms with van der Waals surface area (Å²) in [5.74, 6) is 1.09. The normalized spacial score (nSPS) is 13.5. The molecule has 0 spiro atoms. The van der Waals surface area contributed by atoms with Gasteiger partial charge in [-0.25, -0.2) is 4.98 Å². The minimum absolute atomic E-state index is 0.135. The van der Waals surface area contributed by atoms with E-state index in [1.54, 1.807) is 14.2 Å². The van der Waals surface area contributed by atoms with Crippen molar-refractivity contribution in [1.29, 1.82) is 0 Å². The molecule has 0 saturated heterocycles. The van der Waals surface area contributed by atoms with E-state index in [0.717, 1.165) is 18.7 Å². The van der Waals surface area contributed by atoms with Crippen LogP contribution in [0.2, 0.25) is 0 Å². The third kappa shape index (κ3) is 7.49. The molecule has 0 saturated carbocycles. The third-order valence-corrected chi connectivity index (χ3v) is 3.07. The van der Waals surface area contributed by atoms with Crippen LogP contribution < -0.4 is 16.0 Å². The van der Waals surface area contributed by atoms with Crippen LogP contribution >= 0.6 is 0 Å². The molecule has 1 atom stereocenters. The Morgan fingerprint density at radius 1 is 1.33 bits per heavy atom. The van der Waals surface area contributed by atoms with E-state index >= 15 is 0 Å². The minimum atomic E-state index is -4.36. The number of halogens is 3. The number of hydrogen-bond donors (Lipinski definition) is 3. The van der Waals surface area contributed by atoms with Gasteiger partial charge in [0.15, 0.2) is 5.96 Å². The maximum absolute atomic E-state index is 12.4. The van der Waals surface area contributed by atoms with Crippen LogP contribution in [0.4, 0.5) is 19.0 Å². The van der Waals surface area contributed by atoms with Crippen molar-refractivity contribution in [3.05, 3.63) is 23.9 Å². The molecule has 24 heavy (non-hydrogen) atoms. The van der Waals surface area contributed by atoms with Crippen LogP contribution in [0.3, 0.4) is 0 Å². The highest BCUT2D eigenvalue weighted by Crippen LogP contribution is 2.28. The van der Waals surface area contributed by atoms with Crippen molar-refractivity contribution in [2.75, 3.05) is 39.2 Å². The van der Waals surface area contributed by atoms with Crippen molar-refractivity contribution >= 4 is 11.8 Å². The Morgan fingerprint density at radius 3 is 2.62 bits per heavy atom. The van der Waals surface area contributed by atoms with E-state index in [1.807, 2.05) is 6.92 Å². The van der Waals surface area contributed by atoms with Crippen LogP contribution in [-0.2, 0) is 10.9 Å². The molecule has 1 rings (SSSR count). The van der Waals surface area contributed by atoms with E-state index in [9.17, 15) is 13.2 Å². The lowest BCUT2D eigenvalue weighted by atomic mass is 10.3. The zero-order chi connectivity index (χ0) is 18.0. The molecule has 136 valence electrons. The number of nitrogens with zero attached hydrogens (tertiary/aromatic N) is 2. The van der Waals surface area contributed by atoms with E-state index in [-0.39, 0.29) is 6.04 Å². The molecule has 1 aromatic heterocycles. The van der Waals surface area contributed by atoms with Gasteiger partial charge in [0.2, 0.25) is 0 Å². The fraction of sp³-hybridized carbons (Fsp3) is 0.600. The highest BCUT2D eigenvalue weighted by atomic mass is 19.4. The summed E-state index contributed by atoms with van der Waals surface area (Å²) in [6.45, 7) is 3.79. The van der Waals surface area contributed by atoms with Gasteiger partial charge in [-0.15, -0.1) is 0 Å².